The zero-order valence-electron chi connectivity index (χ0n) is 32.7. The first kappa shape index (κ1) is 35.0. The molecule has 0 N–H and O–H groups in total. The molecular formula is C50H70. The van der Waals surface area contributed by atoms with E-state index in [9.17, 15) is 0 Å². The molecular weight excluding hydrogens is 601 g/mol. The fourth-order valence-electron chi connectivity index (χ4n) is 14.3. The first-order valence-electron chi connectivity index (χ1n) is 22.2. The second kappa shape index (κ2) is 15.1. The van der Waals surface area contributed by atoms with Gasteiger partial charge in [-0.15, -0.1) is 0 Å². The fourth-order valence-corrected chi connectivity index (χ4v) is 14.3. The highest BCUT2D eigenvalue weighted by atomic mass is 14.5. The summed E-state index contributed by atoms with van der Waals surface area (Å²) in [5, 5.41) is 3.13. The van der Waals surface area contributed by atoms with Gasteiger partial charge >= 0.3 is 0 Å². The number of benzene rings is 3. The summed E-state index contributed by atoms with van der Waals surface area (Å²) >= 11 is 0. The van der Waals surface area contributed by atoms with E-state index in [1.807, 2.05) is 0 Å². The van der Waals surface area contributed by atoms with E-state index in [2.05, 4.69) is 77.1 Å². The highest BCUT2D eigenvalue weighted by Gasteiger charge is 2.47. The Kier molecular flexibility index (Phi) is 10.6. The summed E-state index contributed by atoms with van der Waals surface area (Å²) in [6.07, 6.45) is 27.2. The lowest BCUT2D eigenvalue weighted by Crippen LogP contribution is -2.40. The molecule has 10 atom stereocenters. The van der Waals surface area contributed by atoms with Gasteiger partial charge in [0.15, 0.2) is 0 Å². The summed E-state index contributed by atoms with van der Waals surface area (Å²) < 4.78 is 0. The Hall–Kier alpha value is -2.08. The number of rotatable bonds is 7. The second-order valence-electron chi connectivity index (χ2n) is 18.3. The molecule has 0 spiro atoms. The van der Waals surface area contributed by atoms with Crippen LogP contribution < -0.4 is 0 Å². The van der Waals surface area contributed by atoms with Crippen molar-refractivity contribution in [3.05, 3.63) is 70.3 Å². The minimum absolute atomic E-state index is 0.703. The van der Waals surface area contributed by atoms with Gasteiger partial charge in [0.25, 0.3) is 0 Å². The maximum atomic E-state index is 2.62. The SMILES string of the molecule is CCc1c(CC)c(C2CC3CCCCC3[C@H](CC)C2CC)c2ccc(C)cc2c1-c1ccc(C2CC3CCCCCC3[C@@H]3CCCCC23)cc1. The van der Waals surface area contributed by atoms with Gasteiger partial charge < -0.3 is 0 Å². The monoisotopic (exact) mass is 671 g/mol. The lowest BCUT2D eigenvalue weighted by molar-refractivity contribution is 0.0314. The number of hydrogen-bond donors (Lipinski definition) is 0. The molecule has 0 heteroatoms. The van der Waals surface area contributed by atoms with Gasteiger partial charge in [0.05, 0.1) is 0 Å². The van der Waals surface area contributed by atoms with Crippen molar-refractivity contribution in [2.45, 2.75) is 168 Å². The molecule has 0 saturated heterocycles. The molecule has 0 amide bonds. The number of aryl methyl sites for hydroxylation is 1. The van der Waals surface area contributed by atoms with Crippen molar-refractivity contribution in [3.8, 4) is 11.1 Å². The van der Waals surface area contributed by atoms with Crippen molar-refractivity contribution in [2.75, 3.05) is 0 Å². The maximum Gasteiger partial charge on any atom is -0.00704 e. The lowest BCUT2D eigenvalue weighted by Gasteiger charge is -2.50. The smallest absolute Gasteiger partial charge is 0.00704 e. The van der Waals surface area contributed by atoms with E-state index < -0.39 is 0 Å². The third kappa shape index (κ3) is 6.13. The van der Waals surface area contributed by atoms with E-state index in [1.54, 1.807) is 38.6 Å². The molecule has 5 aliphatic rings. The average Bonchev–Trinajstić information content (AvgIpc) is 3.41. The first-order chi connectivity index (χ1) is 24.6. The average molecular weight is 671 g/mol. The van der Waals surface area contributed by atoms with Crippen LogP contribution in [-0.4, -0.2) is 0 Å². The molecule has 0 bridgehead atoms. The van der Waals surface area contributed by atoms with Crippen molar-refractivity contribution < 1.29 is 0 Å². The van der Waals surface area contributed by atoms with Gasteiger partial charge in [0.1, 0.15) is 0 Å². The summed E-state index contributed by atoms with van der Waals surface area (Å²) in [5.74, 6) is 9.01. The Bertz CT molecular complexity index is 1610. The molecule has 50 heavy (non-hydrogen) atoms. The van der Waals surface area contributed by atoms with Gasteiger partial charge in [-0.05, 0) is 162 Å². The summed E-state index contributed by atoms with van der Waals surface area (Å²) in [6.45, 7) is 12.3. The topological polar surface area (TPSA) is 0 Å². The molecule has 3 aromatic rings. The van der Waals surface area contributed by atoms with E-state index in [0.29, 0.717) is 5.92 Å². The van der Waals surface area contributed by atoms with Crippen LogP contribution in [0.1, 0.15) is 177 Å². The van der Waals surface area contributed by atoms with Crippen molar-refractivity contribution in [3.63, 3.8) is 0 Å². The van der Waals surface area contributed by atoms with E-state index in [-0.39, 0.29) is 0 Å². The predicted octanol–water partition coefficient (Wildman–Crippen LogP) is 14.8. The molecule has 5 saturated carbocycles. The molecule has 5 fully saturated rings. The molecule has 3 aromatic carbocycles. The lowest BCUT2D eigenvalue weighted by atomic mass is 9.54. The second-order valence-corrected chi connectivity index (χ2v) is 18.3. The Morgan fingerprint density at radius 2 is 1.12 bits per heavy atom. The van der Waals surface area contributed by atoms with Crippen LogP contribution in [0.2, 0.25) is 0 Å². The van der Waals surface area contributed by atoms with Gasteiger partial charge in [-0.2, -0.15) is 0 Å². The van der Waals surface area contributed by atoms with Gasteiger partial charge in [0.2, 0.25) is 0 Å². The highest BCUT2D eigenvalue weighted by Crippen LogP contribution is 2.58. The van der Waals surface area contributed by atoms with E-state index in [0.717, 1.165) is 66.1 Å². The maximum absolute atomic E-state index is 2.62. The molecule has 0 heterocycles. The van der Waals surface area contributed by atoms with Gasteiger partial charge in [-0.3, -0.25) is 0 Å². The minimum Gasteiger partial charge on any atom is -0.0651 e. The minimum atomic E-state index is 0.703. The Morgan fingerprint density at radius 3 is 1.84 bits per heavy atom. The van der Waals surface area contributed by atoms with Gasteiger partial charge in [-0.25, -0.2) is 0 Å². The van der Waals surface area contributed by atoms with Crippen LogP contribution in [0.3, 0.4) is 0 Å². The Balaban J connectivity index is 1.21. The van der Waals surface area contributed by atoms with Crippen LogP contribution >= 0.6 is 0 Å². The van der Waals surface area contributed by atoms with Gasteiger partial charge in [0, 0.05) is 0 Å². The Labute approximate surface area is 307 Å². The molecule has 0 aliphatic heterocycles. The third-order valence-corrected chi connectivity index (χ3v) is 16.2. The van der Waals surface area contributed by atoms with E-state index >= 15 is 0 Å². The summed E-state index contributed by atoms with van der Waals surface area (Å²) in [6, 6.07) is 18.0. The van der Waals surface area contributed by atoms with E-state index in [4.69, 9.17) is 0 Å². The van der Waals surface area contributed by atoms with Gasteiger partial charge in [-0.1, -0.05) is 146 Å². The Morgan fingerprint density at radius 1 is 0.520 bits per heavy atom. The normalized spacial score (nSPS) is 34.4. The molecule has 8 rings (SSSR count). The number of fused-ring (bicyclic) bond motifs is 5. The molecule has 0 aromatic heterocycles. The molecule has 0 nitrogen and oxygen atoms in total. The number of hydrogen-bond acceptors (Lipinski definition) is 0. The summed E-state index contributed by atoms with van der Waals surface area (Å²) in [5.41, 5.74) is 11.3. The highest BCUT2D eigenvalue weighted by molar-refractivity contribution is 6.02. The molecule has 8 unspecified atom stereocenters. The van der Waals surface area contributed by atoms with Crippen LogP contribution in [0, 0.1) is 54.3 Å². The zero-order chi connectivity index (χ0) is 34.4. The van der Waals surface area contributed by atoms with Crippen molar-refractivity contribution in [2.24, 2.45) is 47.3 Å². The predicted molar refractivity (Wildman–Crippen MR) is 216 cm³/mol. The van der Waals surface area contributed by atoms with Crippen LogP contribution in [-0.2, 0) is 12.8 Å². The van der Waals surface area contributed by atoms with Crippen LogP contribution in [0.25, 0.3) is 21.9 Å². The van der Waals surface area contributed by atoms with Crippen LogP contribution in [0.5, 0.6) is 0 Å². The first-order valence-corrected chi connectivity index (χ1v) is 22.2. The van der Waals surface area contributed by atoms with Crippen LogP contribution in [0.15, 0.2) is 42.5 Å². The molecule has 270 valence electrons. The largest absolute Gasteiger partial charge is 0.0651 e. The van der Waals surface area contributed by atoms with Crippen molar-refractivity contribution in [1.29, 1.82) is 0 Å². The summed E-state index contributed by atoms with van der Waals surface area (Å²) in [4.78, 5) is 0. The van der Waals surface area contributed by atoms with Crippen LogP contribution in [0.4, 0.5) is 0 Å². The third-order valence-electron chi connectivity index (χ3n) is 16.2. The fraction of sp³-hybridized carbons (Fsp3) is 0.680. The van der Waals surface area contributed by atoms with Crippen molar-refractivity contribution >= 4 is 10.8 Å². The molecule has 0 radical (unpaired) electrons. The summed E-state index contributed by atoms with van der Waals surface area (Å²) in [7, 11) is 0. The standard InChI is InChI=1S/C50H70/c1-6-37-38(7-2)48(31-36-18-13-14-20-41(36)37)50-40(9-4)39(8-3)49(47-29-32(5)23-28-45(47)50)34-26-24-33(25-27-34)46-30-35-17-11-10-12-19-42(35)43-21-15-16-22-44(43)46/h23-29,35-38,41-44,46,48H,6-22,30-31H2,1-5H3/t35?,36?,37-,38?,41?,42?,43+,44?,46?,48?/m1/s1. The van der Waals surface area contributed by atoms with E-state index in [1.165, 1.54) is 120 Å². The van der Waals surface area contributed by atoms with Crippen molar-refractivity contribution in [1.82, 2.24) is 0 Å². The molecule has 5 aliphatic carbocycles. The quantitative estimate of drug-likeness (QED) is 0.235. The zero-order valence-corrected chi connectivity index (χ0v) is 32.7.